The van der Waals surface area contributed by atoms with Gasteiger partial charge in [-0.05, 0) is 27.7 Å². The fraction of sp³-hybridized carbons (Fsp3) is 0.682. The fourth-order valence-electron chi connectivity index (χ4n) is 4.20. The van der Waals surface area contributed by atoms with Crippen LogP contribution in [0.2, 0.25) is 0 Å². The topological polar surface area (TPSA) is 73.7 Å². The summed E-state index contributed by atoms with van der Waals surface area (Å²) in [6, 6.07) is 3.86. The number of carbonyl (C=O) groups is 1. The number of ether oxygens (including phenoxy) is 4. The van der Waals surface area contributed by atoms with Crippen molar-refractivity contribution in [3.63, 3.8) is 0 Å². The number of hydrogen-bond donors (Lipinski definition) is 2. The Bertz CT molecular complexity index is 698. The van der Waals surface area contributed by atoms with E-state index in [4.69, 9.17) is 18.9 Å². The second kappa shape index (κ2) is 10.8. The molecule has 0 saturated carbocycles. The minimum absolute atomic E-state index is 0.0335. The highest BCUT2D eigenvalue weighted by molar-refractivity contribution is 5.94. The van der Waals surface area contributed by atoms with Gasteiger partial charge in [0.25, 0.3) is 5.91 Å². The van der Waals surface area contributed by atoms with Crippen molar-refractivity contribution in [3.8, 4) is 11.5 Å². The Morgan fingerprint density at radius 2 is 1.73 bits per heavy atom. The third-order valence-corrected chi connectivity index (χ3v) is 5.31. The molecule has 1 amide bonds. The molecule has 8 heteroatoms. The lowest BCUT2D eigenvalue weighted by Gasteiger charge is -2.32. The van der Waals surface area contributed by atoms with Gasteiger partial charge in [-0.15, -0.1) is 0 Å². The van der Waals surface area contributed by atoms with Gasteiger partial charge in [0.2, 0.25) is 0 Å². The molecule has 3 rings (SSSR count). The number of quaternary nitrogens is 1. The Labute approximate surface area is 179 Å². The van der Waals surface area contributed by atoms with Crippen LogP contribution in [-0.2, 0) is 14.3 Å². The summed E-state index contributed by atoms with van der Waals surface area (Å²) in [7, 11) is 0. The van der Waals surface area contributed by atoms with Crippen molar-refractivity contribution >= 4 is 17.3 Å². The van der Waals surface area contributed by atoms with Crippen LogP contribution in [0.3, 0.4) is 0 Å². The summed E-state index contributed by atoms with van der Waals surface area (Å²) >= 11 is 0. The molecule has 168 valence electrons. The van der Waals surface area contributed by atoms with Gasteiger partial charge < -0.3 is 34.1 Å². The molecule has 0 spiro atoms. The van der Waals surface area contributed by atoms with Gasteiger partial charge in [-0.1, -0.05) is 0 Å². The highest BCUT2D eigenvalue weighted by Gasteiger charge is 2.28. The SMILES string of the molecule is CCOc1cc(N2CCOCC2)c(OCC)cc1NC(=O)C[NH+]1C[C@@H](C)O[C@@H](C)C1. The lowest BCUT2D eigenvalue weighted by atomic mass is 10.2. The number of carbonyl (C=O) groups excluding carboxylic acids is 1. The van der Waals surface area contributed by atoms with Crippen LogP contribution in [0.4, 0.5) is 11.4 Å². The van der Waals surface area contributed by atoms with Crippen LogP contribution in [-0.4, -0.2) is 77.3 Å². The smallest absolute Gasteiger partial charge is 0.279 e. The molecule has 0 aliphatic carbocycles. The fourth-order valence-corrected chi connectivity index (χ4v) is 4.20. The summed E-state index contributed by atoms with van der Waals surface area (Å²) < 4.78 is 23.0. The number of morpholine rings is 2. The first kappa shape index (κ1) is 22.7. The summed E-state index contributed by atoms with van der Waals surface area (Å²) in [5.41, 5.74) is 1.62. The van der Waals surface area contributed by atoms with Crippen LogP contribution in [0.5, 0.6) is 11.5 Å². The molecule has 0 bridgehead atoms. The van der Waals surface area contributed by atoms with Crippen LogP contribution < -0.4 is 24.6 Å². The molecule has 0 radical (unpaired) electrons. The number of hydrogen-bond acceptors (Lipinski definition) is 6. The van der Waals surface area contributed by atoms with Crippen molar-refractivity contribution in [3.05, 3.63) is 12.1 Å². The maximum absolute atomic E-state index is 12.8. The third-order valence-electron chi connectivity index (χ3n) is 5.31. The first-order chi connectivity index (χ1) is 14.5. The molecular formula is C22H36N3O5+. The molecule has 2 heterocycles. The van der Waals surface area contributed by atoms with Gasteiger partial charge in [-0.3, -0.25) is 4.79 Å². The summed E-state index contributed by atoms with van der Waals surface area (Å²) in [4.78, 5) is 16.3. The standard InChI is InChI=1S/C22H35N3O5/c1-5-28-20-12-19(25-7-9-27-10-8-25)21(29-6-2)11-18(20)23-22(26)15-24-13-16(3)30-17(4)14-24/h11-12,16-17H,5-10,13-15H2,1-4H3,(H,23,26)/p+1/t16-,17+. The van der Waals surface area contributed by atoms with E-state index in [-0.39, 0.29) is 18.1 Å². The molecule has 2 aliphatic heterocycles. The van der Waals surface area contributed by atoms with Crippen molar-refractivity contribution in [1.82, 2.24) is 0 Å². The number of nitrogens with zero attached hydrogens (tertiary/aromatic N) is 1. The van der Waals surface area contributed by atoms with E-state index in [2.05, 4.69) is 24.1 Å². The van der Waals surface area contributed by atoms with Crippen LogP contribution in [0.1, 0.15) is 27.7 Å². The van der Waals surface area contributed by atoms with E-state index in [0.717, 1.165) is 37.6 Å². The molecule has 30 heavy (non-hydrogen) atoms. The summed E-state index contributed by atoms with van der Waals surface area (Å²) in [6.45, 7) is 14.1. The zero-order valence-electron chi connectivity index (χ0n) is 18.7. The lowest BCUT2D eigenvalue weighted by molar-refractivity contribution is -0.907. The van der Waals surface area contributed by atoms with E-state index >= 15 is 0 Å². The molecule has 3 atom stereocenters. The molecule has 0 aromatic heterocycles. The van der Waals surface area contributed by atoms with E-state index in [9.17, 15) is 4.79 Å². The maximum atomic E-state index is 12.8. The number of benzene rings is 1. The maximum Gasteiger partial charge on any atom is 0.279 e. The Balaban J connectivity index is 1.78. The van der Waals surface area contributed by atoms with Gasteiger partial charge in [-0.25, -0.2) is 0 Å². The van der Waals surface area contributed by atoms with Gasteiger partial charge in [0, 0.05) is 25.2 Å². The van der Waals surface area contributed by atoms with Gasteiger partial charge in [0.05, 0.1) is 37.8 Å². The molecule has 1 unspecified atom stereocenters. The number of anilines is 2. The normalized spacial score (nSPS) is 24.4. The van der Waals surface area contributed by atoms with Gasteiger partial charge in [0.15, 0.2) is 6.54 Å². The molecule has 2 saturated heterocycles. The predicted octanol–water partition coefficient (Wildman–Crippen LogP) is 0.951. The van der Waals surface area contributed by atoms with Crippen LogP contribution in [0, 0.1) is 0 Å². The van der Waals surface area contributed by atoms with Crippen molar-refractivity contribution in [2.75, 3.05) is 69.4 Å². The molecular weight excluding hydrogens is 386 g/mol. The quantitative estimate of drug-likeness (QED) is 0.650. The minimum atomic E-state index is -0.0335. The van der Waals surface area contributed by atoms with Crippen LogP contribution in [0.15, 0.2) is 12.1 Å². The molecule has 8 nitrogen and oxygen atoms in total. The zero-order chi connectivity index (χ0) is 21.5. The van der Waals surface area contributed by atoms with Gasteiger partial charge in [-0.2, -0.15) is 0 Å². The number of amides is 1. The van der Waals surface area contributed by atoms with E-state index in [1.54, 1.807) is 0 Å². The van der Waals surface area contributed by atoms with Crippen LogP contribution >= 0.6 is 0 Å². The summed E-state index contributed by atoms with van der Waals surface area (Å²) in [5.74, 6) is 1.38. The van der Waals surface area contributed by atoms with Gasteiger partial charge >= 0.3 is 0 Å². The largest absolute Gasteiger partial charge is 0.492 e. The highest BCUT2D eigenvalue weighted by Crippen LogP contribution is 2.39. The third kappa shape index (κ3) is 6.00. The molecule has 1 aromatic rings. The number of nitrogens with one attached hydrogen (secondary N) is 2. The lowest BCUT2D eigenvalue weighted by Crippen LogP contribution is -3.16. The molecule has 2 aliphatic rings. The van der Waals surface area contributed by atoms with Gasteiger partial charge in [0.1, 0.15) is 36.8 Å². The molecule has 1 aromatic carbocycles. The summed E-state index contributed by atoms with van der Waals surface area (Å²) in [6.07, 6.45) is 0.320. The first-order valence-electron chi connectivity index (χ1n) is 11.0. The van der Waals surface area contributed by atoms with E-state index in [0.29, 0.717) is 44.4 Å². The van der Waals surface area contributed by atoms with E-state index in [1.807, 2.05) is 26.0 Å². The van der Waals surface area contributed by atoms with Crippen LogP contribution in [0.25, 0.3) is 0 Å². The summed E-state index contributed by atoms with van der Waals surface area (Å²) in [5, 5.41) is 3.05. The number of rotatable bonds is 8. The molecule has 2 fully saturated rings. The second-order valence-electron chi connectivity index (χ2n) is 7.92. The zero-order valence-corrected chi connectivity index (χ0v) is 18.7. The van der Waals surface area contributed by atoms with Crippen molar-refractivity contribution in [1.29, 1.82) is 0 Å². The minimum Gasteiger partial charge on any atom is -0.492 e. The Morgan fingerprint density at radius 1 is 1.10 bits per heavy atom. The molecule has 2 N–H and O–H groups in total. The monoisotopic (exact) mass is 422 g/mol. The average Bonchev–Trinajstić information content (AvgIpc) is 2.70. The first-order valence-corrected chi connectivity index (χ1v) is 11.0. The highest BCUT2D eigenvalue weighted by atomic mass is 16.5. The van der Waals surface area contributed by atoms with E-state index < -0.39 is 0 Å². The second-order valence-corrected chi connectivity index (χ2v) is 7.92. The Morgan fingerprint density at radius 3 is 2.37 bits per heavy atom. The van der Waals surface area contributed by atoms with Crippen molar-refractivity contribution < 1.29 is 28.6 Å². The average molecular weight is 423 g/mol. The van der Waals surface area contributed by atoms with E-state index in [1.165, 1.54) is 4.90 Å². The Hall–Kier alpha value is -2.03. The Kier molecular flexibility index (Phi) is 8.18. The van der Waals surface area contributed by atoms with Crippen molar-refractivity contribution in [2.45, 2.75) is 39.9 Å². The van der Waals surface area contributed by atoms with Crippen molar-refractivity contribution in [2.24, 2.45) is 0 Å². The predicted molar refractivity (Wildman–Crippen MR) is 116 cm³/mol.